The summed E-state index contributed by atoms with van der Waals surface area (Å²) in [6.07, 6.45) is 1.57. The van der Waals surface area contributed by atoms with Gasteiger partial charge in [-0.25, -0.2) is 0 Å². The molecule has 0 aliphatic carbocycles. The number of rotatable bonds is 3. The molecule has 2 rings (SSSR count). The van der Waals surface area contributed by atoms with Crippen molar-refractivity contribution in [2.45, 2.75) is 19.9 Å². The number of hydrogen-bond donors (Lipinski definition) is 2. The maximum atomic E-state index is 12.1. The second kappa shape index (κ2) is 5.63. The molecule has 0 aliphatic rings. The predicted molar refractivity (Wildman–Crippen MR) is 76.0 cm³/mol. The van der Waals surface area contributed by atoms with E-state index in [0.717, 1.165) is 16.9 Å². The highest BCUT2D eigenvalue weighted by molar-refractivity contribution is 6.04. The van der Waals surface area contributed by atoms with Crippen molar-refractivity contribution in [3.63, 3.8) is 0 Å². The monoisotopic (exact) mass is 255 g/mol. The van der Waals surface area contributed by atoms with Gasteiger partial charge in [0, 0.05) is 23.6 Å². The lowest BCUT2D eigenvalue weighted by molar-refractivity contribution is 0.102. The van der Waals surface area contributed by atoms with Crippen LogP contribution in [0.2, 0.25) is 0 Å². The van der Waals surface area contributed by atoms with Crippen molar-refractivity contribution in [1.82, 2.24) is 4.98 Å². The van der Waals surface area contributed by atoms with Gasteiger partial charge in [0.05, 0.1) is 5.56 Å². The molecule has 3 N–H and O–H groups in total. The molecule has 0 saturated carbocycles. The molecule has 0 bridgehead atoms. The van der Waals surface area contributed by atoms with Crippen molar-refractivity contribution in [1.29, 1.82) is 0 Å². The van der Waals surface area contributed by atoms with Crippen molar-refractivity contribution in [3.05, 3.63) is 59.4 Å². The Morgan fingerprint density at radius 3 is 2.63 bits per heavy atom. The molecule has 0 fully saturated rings. The number of nitrogens with one attached hydrogen (secondary N) is 1. The number of hydrogen-bond acceptors (Lipinski definition) is 3. The minimum Gasteiger partial charge on any atom is -0.324 e. The Kier molecular flexibility index (Phi) is 3.92. The molecule has 0 saturated heterocycles. The topological polar surface area (TPSA) is 68.0 Å². The fourth-order valence-corrected chi connectivity index (χ4v) is 1.80. The van der Waals surface area contributed by atoms with E-state index in [1.165, 1.54) is 0 Å². The summed E-state index contributed by atoms with van der Waals surface area (Å²) in [6.45, 7) is 3.77. The molecule has 98 valence electrons. The van der Waals surface area contributed by atoms with Gasteiger partial charge in [-0.05, 0) is 37.6 Å². The average Bonchev–Trinajstić information content (AvgIpc) is 2.39. The average molecular weight is 255 g/mol. The number of aromatic nitrogens is 1. The SMILES string of the molecule is Cc1ccc(C(=O)Nc2ccccc2C(C)N)cn1. The Hall–Kier alpha value is -2.20. The number of carbonyl (C=O) groups is 1. The van der Waals surface area contributed by atoms with Crippen LogP contribution in [0.4, 0.5) is 5.69 Å². The van der Waals surface area contributed by atoms with Crippen LogP contribution in [0.3, 0.4) is 0 Å². The molecule has 1 amide bonds. The molecule has 4 nitrogen and oxygen atoms in total. The van der Waals surface area contributed by atoms with Gasteiger partial charge >= 0.3 is 0 Å². The first-order chi connectivity index (χ1) is 9.08. The summed E-state index contributed by atoms with van der Waals surface area (Å²) in [5.74, 6) is -0.180. The van der Waals surface area contributed by atoms with E-state index in [9.17, 15) is 4.79 Å². The van der Waals surface area contributed by atoms with E-state index < -0.39 is 0 Å². The lowest BCUT2D eigenvalue weighted by atomic mass is 10.1. The van der Waals surface area contributed by atoms with Crippen LogP contribution < -0.4 is 11.1 Å². The van der Waals surface area contributed by atoms with Crippen LogP contribution in [0.5, 0.6) is 0 Å². The van der Waals surface area contributed by atoms with Gasteiger partial charge in [0.2, 0.25) is 0 Å². The van der Waals surface area contributed by atoms with E-state index >= 15 is 0 Å². The number of pyridine rings is 1. The largest absolute Gasteiger partial charge is 0.324 e. The fourth-order valence-electron chi connectivity index (χ4n) is 1.80. The van der Waals surface area contributed by atoms with Gasteiger partial charge in [-0.1, -0.05) is 18.2 Å². The first kappa shape index (κ1) is 13.2. The molecule has 1 heterocycles. The third-order valence-electron chi connectivity index (χ3n) is 2.87. The summed E-state index contributed by atoms with van der Waals surface area (Å²) in [4.78, 5) is 16.2. The van der Waals surface area contributed by atoms with Gasteiger partial charge < -0.3 is 11.1 Å². The Bertz CT molecular complexity index is 576. The highest BCUT2D eigenvalue weighted by Crippen LogP contribution is 2.21. The van der Waals surface area contributed by atoms with Gasteiger partial charge in [-0.15, -0.1) is 0 Å². The third kappa shape index (κ3) is 3.17. The van der Waals surface area contributed by atoms with Crippen molar-refractivity contribution >= 4 is 11.6 Å². The molecular formula is C15H17N3O. The number of amides is 1. The molecule has 1 unspecified atom stereocenters. The van der Waals surface area contributed by atoms with E-state index in [1.807, 2.05) is 44.2 Å². The maximum absolute atomic E-state index is 12.1. The Balaban J connectivity index is 2.22. The number of benzene rings is 1. The Morgan fingerprint density at radius 2 is 2.00 bits per heavy atom. The number of anilines is 1. The molecule has 1 aromatic heterocycles. The summed E-state index contributed by atoms with van der Waals surface area (Å²) < 4.78 is 0. The van der Waals surface area contributed by atoms with E-state index in [4.69, 9.17) is 5.73 Å². The quantitative estimate of drug-likeness (QED) is 0.886. The summed E-state index contributed by atoms with van der Waals surface area (Å²) in [5.41, 5.74) is 8.95. The van der Waals surface area contributed by atoms with E-state index in [2.05, 4.69) is 10.3 Å². The first-order valence-corrected chi connectivity index (χ1v) is 6.16. The van der Waals surface area contributed by atoms with E-state index in [-0.39, 0.29) is 11.9 Å². The second-order valence-corrected chi connectivity index (χ2v) is 4.52. The third-order valence-corrected chi connectivity index (χ3v) is 2.87. The van der Waals surface area contributed by atoms with Crippen molar-refractivity contribution in [3.8, 4) is 0 Å². The highest BCUT2D eigenvalue weighted by Gasteiger charge is 2.10. The number of nitrogens with zero attached hydrogens (tertiary/aromatic N) is 1. The molecule has 0 spiro atoms. The van der Waals surface area contributed by atoms with Gasteiger partial charge in [0.1, 0.15) is 0 Å². The van der Waals surface area contributed by atoms with E-state index in [0.29, 0.717) is 5.56 Å². The standard InChI is InChI=1S/C15H17N3O/c1-10-7-8-12(9-17-10)15(19)18-14-6-4-3-5-13(14)11(2)16/h3-9,11H,16H2,1-2H3,(H,18,19). The molecule has 1 aromatic carbocycles. The zero-order chi connectivity index (χ0) is 13.8. The summed E-state index contributed by atoms with van der Waals surface area (Å²) in [7, 11) is 0. The van der Waals surface area contributed by atoms with Crippen LogP contribution in [0.15, 0.2) is 42.6 Å². The minimum absolute atomic E-state index is 0.132. The van der Waals surface area contributed by atoms with Crippen LogP contribution in [0.1, 0.15) is 34.6 Å². The zero-order valence-corrected chi connectivity index (χ0v) is 11.1. The van der Waals surface area contributed by atoms with Crippen molar-refractivity contribution in [2.75, 3.05) is 5.32 Å². The number of para-hydroxylation sites is 1. The van der Waals surface area contributed by atoms with Gasteiger partial charge in [-0.2, -0.15) is 0 Å². The highest BCUT2D eigenvalue weighted by atomic mass is 16.1. The molecule has 0 aliphatic heterocycles. The minimum atomic E-state index is -0.180. The molecule has 19 heavy (non-hydrogen) atoms. The van der Waals surface area contributed by atoms with E-state index in [1.54, 1.807) is 12.3 Å². The number of carbonyl (C=O) groups excluding carboxylic acids is 1. The fraction of sp³-hybridized carbons (Fsp3) is 0.200. The Labute approximate surface area is 112 Å². The lowest BCUT2D eigenvalue weighted by Gasteiger charge is -2.13. The first-order valence-electron chi connectivity index (χ1n) is 6.16. The van der Waals surface area contributed by atoms with Crippen molar-refractivity contribution < 1.29 is 4.79 Å². The van der Waals surface area contributed by atoms with Crippen LogP contribution in [-0.4, -0.2) is 10.9 Å². The number of aryl methyl sites for hydroxylation is 1. The van der Waals surface area contributed by atoms with Gasteiger partial charge in [0.25, 0.3) is 5.91 Å². The smallest absolute Gasteiger partial charge is 0.257 e. The molecular weight excluding hydrogens is 238 g/mol. The number of nitrogens with two attached hydrogens (primary N) is 1. The van der Waals surface area contributed by atoms with Crippen molar-refractivity contribution in [2.24, 2.45) is 5.73 Å². The molecule has 0 radical (unpaired) electrons. The van der Waals surface area contributed by atoms with Crippen LogP contribution >= 0.6 is 0 Å². The Morgan fingerprint density at radius 1 is 1.26 bits per heavy atom. The van der Waals surface area contributed by atoms with Crippen LogP contribution in [0, 0.1) is 6.92 Å². The van der Waals surface area contributed by atoms with Crippen LogP contribution in [-0.2, 0) is 0 Å². The van der Waals surface area contributed by atoms with Gasteiger partial charge in [-0.3, -0.25) is 9.78 Å². The lowest BCUT2D eigenvalue weighted by Crippen LogP contribution is -2.16. The normalized spacial score (nSPS) is 11.9. The molecule has 4 heteroatoms. The summed E-state index contributed by atoms with van der Waals surface area (Å²) >= 11 is 0. The molecule has 1 atom stereocenters. The predicted octanol–water partition coefficient (Wildman–Crippen LogP) is 2.66. The zero-order valence-electron chi connectivity index (χ0n) is 11.1. The summed E-state index contributed by atoms with van der Waals surface area (Å²) in [5, 5.41) is 2.87. The summed E-state index contributed by atoms with van der Waals surface area (Å²) in [6, 6.07) is 11.0. The van der Waals surface area contributed by atoms with Gasteiger partial charge in [0.15, 0.2) is 0 Å². The molecule has 2 aromatic rings. The van der Waals surface area contributed by atoms with Crippen LogP contribution in [0.25, 0.3) is 0 Å². The maximum Gasteiger partial charge on any atom is 0.257 e. The second-order valence-electron chi connectivity index (χ2n) is 4.52.